The van der Waals surface area contributed by atoms with E-state index in [1.165, 1.54) is 0 Å². The predicted molar refractivity (Wildman–Crippen MR) is 87.3 cm³/mol. The molecule has 6 heteroatoms. The molecule has 0 radical (unpaired) electrons. The van der Waals surface area contributed by atoms with Gasteiger partial charge in [0.15, 0.2) is 0 Å². The molecule has 1 amide bonds. The van der Waals surface area contributed by atoms with Gasteiger partial charge in [-0.25, -0.2) is 0 Å². The normalized spacial score (nSPS) is 21.8. The second-order valence-electron chi connectivity index (χ2n) is 5.21. The molecule has 2 N–H and O–H groups in total. The van der Waals surface area contributed by atoms with Crippen molar-refractivity contribution in [2.45, 2.75) is 31.9 Å². The van der Waals surface area contributed by atoms with Crippen molar-refractivity contribution in [3.05, 3.63) is 34.3 Å². The second kappa shape index (κ2) is 7.99. The van der Waals surface area contributed by atoms with Crippen LogP contribution in [-0.2, 0) is 4.74 Å². The van der Waals surface area contributed by atoms with E-state index < -0.39 is 0 Å². The maximum atomic E-state index is 12.7. The third-order valence-corrected chi connectivity index (χ3v) is 4.46. The van der Waals surface area contributed by atoms with E-state index in [2.05, 4.69) is 0 Å². The molecule has 2 atom stereocenters. The number of hydrogen-bond acceptors (Lipinski definition) is 3. The third-order valence-electron chi connectivity index (χ3n) is 3.96. The Bertz CT molecular complexity index is 497. The number of ether oxygens (including phenoxy) is 1. The number of halogens is 2. The first kappa shape index (κ1) is 18.2. The second-order valence-corrected chi connectivity index (χ2v) is 5.58. The molecule has 1 aromatic rings. The van der Waals surface area contributed by atoms with Gasteiger partial charge in [-0.15, -0.1) is 12.4 Å². The highest BCUT2D eigenvalue weighted by molar-refractivity contribution is 6.34. The maximum Gasteiger partial charge on any atom is 0.255 e. The summed E-state index contributed by atoms with van der Waals surface area (Å²) in [6.45, 7) is 3.00. The van der Waals surface area contributed by atoms with Gasteiger partial charge in [-0.3, -0.25) is 4.79 Å². The van der Waals surface area contributed by atoms with Crippen LogP contribution in [0, 0.1) is 6.92 Å². The fraction of sp³-hybridized carbons (Fsp3) is 0.533. The van der Waals surface area contributed by atoms with E-state index in [0.717, 1.165) is 18.4 Å². The summed E-state index contributed by atoms with van der Waals surface area (Å²) in [7, 11) is 1.70. The lowest BCUT2D eigenvalue weighted by molar-refractivity contribution is 0.0139. The topological polar surface area (TPSA) is 55.6 Å². The predicted octanol–water partition coefficient (Wildman–Crippen LogP) is 2.65. The summed E-state index contributed by atoms with van der Waals surface area (Å²) in [6, 6.07) is 5.54. The summed E-state index contributed by atoms with van der Waals surface area (Å²) in [6.07, 6.45) is 1.80. The van der Waals surface area contributed by atoms with Crippen molar-refractivity contribution < 1.29 is 9.53 Å². The summed E-state index contributed by atoms with van der Waals surface area (Å²) in [5.41, 5.74) is 7.28. The number of piperidine rings is 1. The summed E-state index contributed by atoms with van der Waals surface area (Å²) >= 11 is 6.25. The molecule has 1 aromatic carbocycles. The molecular formula is C15H22Cl2N2O2. The Balaban J connectivity index is 0.00000220. The van der Waals surface area contributed by atoms with Crippen molar-refractivity contribution in [1.29, 1.82) is 0 Å². The van der Waals surface area contributed by atoms with Crippen LogP contribution in [0.4, 0.5) is 0 Å². The smallest absolute Gasteiger partial charge is 0.255 e. The molecule has 1 aliphatic rings. The van der Waals surface area contributed by atoms with Gasteiger partial charge in [0.05, 0.1) is 16.7 Å². The SMILES string of the molecule is COC1CCN(C(=O)c2cccc(C)c2Cl)C(CN)C1.Cl. The van der Waals surface area contributed by atoms with Crippen LogP contribution in [0.25, 0.3) is 0 Å². The van der Waals surface area contributed by atoms with E-state index in [1.807, 2.05) is 24.0 Å². The number of aryl methyl sites for hydroxylation is 1. The average molecular weight is 333 g/mol. The van der Waals surface area contributed by atoms with Crippen molar-refractivity contribution >= 4 is 29.9 Å². The van der Waals surface area contributed by atoms with E-state index in [4.69, 9.17) is 22.1 Å². The Labute approximate surface area is 137 Å². The van der Waals surface area contributed by atoms with Crippen molar-refractivity contribution in [1.82, 2.24) is 4.90 Å². The van der Waals surface area contributed by atoms with Crippen LogP contribution in [-0.4, -0.2) is 43.2 Å². The number of hydrogen-bond donors (Lipinski definition) is 1. The number of benzene rings is 1. The lowest BCUT2D eigenvalue weighted by Crippen LogP contribution is -2.51. The molecule has 1 heterocycles. The highest BCUT2D eigenvalue weighted by atomic mass is 35.5. The van der Waals surface area contributed by atoms with Crippen LogP contribution in [0.1, 0.15) is 28.8 Å². The van der Waals surface area contributed by atoms with Gasteiger partial charge < -0.3 is 15.4 Å². The molecule has 1 aliphatic heterocycles. The number of amides is 1. The van der Waals surface area contributed by atoms with Gasteiger partial charge in [-0.1, -0.05) is 23.7 Å². The van der Waals surface area contributed by atoms with E-state index in [1.54, 1.807) is 13.2 Å². The molecule has 0 spiro atoms. The fourth-order valence-electron chi connectivity index (χ4n) is 2.69. The zero-order chi connectivity index (χ0) is 14.7. The van der Waals surface area contributed by atoms with Gasteiger partial charge in [0.25, 0.3) is 5.91 Å². The van der Waals surface area contributed by atoms with Crippen LogP contribution in [0.5, 0.6) is 0 Å². The molecule has 2 unspecified atom stereocenters. The summed E-state index contributed by atoms with van der Waals surface area (Å²) < 4.78 is 5.38. The maximum absolute atomic E-state index is 12.7. The number of carbonyl (C=O) groups is 1. The highest BCUT2D eigenvalue weighted by Crippen LogP contribution is 2.26. The first-order valence-electron chi connectivity index (χ1n) is 6.87. The number of carbonyl (C=O) groups excluding carboxylic acids is 1. The minimum absolute atomic E-state index is 0. The molecular weight excluding hydrogens is 311 g/mol. The molecule has 118 valence electrons. The van der Waals surface area contributed by atoms with E-state index in [9.17, 15) is 4.79 Å². The number of nitrogens with zero attached hydrogens (tertiary/aromatic N) is 1. The van der Waals surface area contributed by atoms with Gasteiger partial charge in [0.2, 0.25) is 0 Å². The van der Waals surface area contributed by atoms with Crippen molar-refractivity contribution in [3.63, 3.8) is 0 Å². The minimum atomic E-state index is -0.0382. The minimum Gasteiger partial charge on any atom is -0.381 e. The van der Waals surface area contributed by atoms with Gasteiger partial charge in [0.1, 0.15) is 0 Å². The van der Waals surface area contributed by atoms with E-state index in [0.29, 0.717) is 23.7 Å². The quantitative estimate of drug-likeness (QED) is 0.925. The van der Waals surface area contributed by atoms with E-state index >= 15 is 0 Å². The molecule has 0 aromatic heterocycles. The van der Waals surface area contributed by atoms with Crippen molar-refractivity contribution in [2.75, 3.05) is 20.2 Å². The average Bonchev–Trinajstić information content (AvgIpc) is 2.48. The van der Waals surface area contributed by atoms with Gasteiger partial charge in [-0.2, -0.15) is 0 Å². The van der Waals surface area contributed by atoms with Crippen LogP contribution >= 0.6 is 24.0 Å². The number of methoxy groups -OCH3 is 1. The molecule has 0 aliphatic carbocycles. The largest absolute Gasteiger partial charge is 0.381 e. The number of likely N-dealkylation sites (tertiary alicyclic amines) is 1. The Kier molecular flexibility index (Phi) is 6.94. The van der Waals surface area contributed by atoms with Crippen LogP contribution in [0.15, 0.2) is 18.2 Å². The van der Waals surface area contributed by atoms with Crippen LogP contribution < -0.4 is 5.73 Å². The van der Waals surface area contributed by atoms with Gasteiger partial charge >= 0.3 is 0 Å². The van der Waals surface area contributed by atoms with Crippen LogP contribution in [0.3, 0.4) is 0 Å². The first-order chi connectivity index (χ1) is 9.58. The Morgan fingerprint density at radius 3 is 2.86 bits per heavy atom. The van der Waals surface area contributed by atoms with Crippen molar-refractivity contribution in [2.24, 2.45) is 5.73 Å². The Morgan fingerprint density at radius 2 is 2.24 bits per heavy atom. The molecule has 1 fully saturated rings. The summed E-state index contributed by atoms with van der Waals surface area (Å²) in [5, 5.41) is 0.530. The number of rotatable bonds is 3. The number of nitrogens with two attached hydrogens (primary N) is 1. The van der Waals surface area contributed by atoms with E-state index in [-0.39, 0.29) is 30.5 Å². The molecule has 1 saturated heterocycles. The zero-order valence-corrected chi connectivity index (χ0v) is 13.9. The molecule has 2 rings (SSSR count). The van der Waals surface area contributed by atoms with Crippen molar-refractivity contribution in [3.8, 4) is 0 Å². The van der Waals surface area contributed by atoms with Gasteiger partial charge in [0, 0.05) is 26.2 Å². The Hall–Kier alpha value is -0.810. The summed E-state index contributed by atoms with van der Waals surface area (Å²) in [5.74, 6) is -0.0382. The monoisotopic (exact) mass is 332 g/mol. The first-order valence-corrected chi connectivity index (χ1v) is 7.25. The fourth-order valence-corrected chi connectivity index (χ4v) is 2.89. The molecule has 0 bridgehead atoms. The molecule has 0 saturated carbocycles. The Morgan fingerprint density at radius 1 is 1.52 bits per heavy atom. The highest BCUT2D eigenvalue weighted by Gasteiger charge is 2.32. The van der Waals surface area contributed by atoms with Crippen LogP contribution in [0.2, 0.25) is 5.02 Å². The van der Waals surface area contributed by atoms with Gasteiger partial charge in [-0.05, 0) is 31.4 Å². The molecule has 21 heavy (non-hydrogen) atoms. The standard InChI is InChI=1S/C15H21ClN2O2.ClH/c1-10-4-3-5-13(14(10)16)15(19)18-7-6-12(20-2)8-11(18)9-17;/h3-5,11-12H,6-9,17H2,1-2H3;1H. The third kappa shape index (κ3) is 3.89. The zero-order valence-electron chi connectivity index (χ0n) is 12.3. The lowest BCUT2D eigenvalue weighted by atomic mass is 9.98. The summed E-state index contributed by atoms with van der Waals surface area (Å²) in [4.78, 5) is 14.5. The molecule has 4 nitrogen and oxygen atoms in total. The lowest BCUT2D eigenvalue weighted by Gasteiger charge is -2.38.